The van der Waals surface area contributed by atoms with E-state index in [1.165, 1.54) is 16.2 Å². The maximum absolute atomic E-state index is 13.7. The van der Waals surface area contributed by atoms with Crippen molar-refractivity contribution in [3.8, 4) is 5.75 Å². The molecule has 1 aromatic carbocycles. The van der Waals surface area contributed by atoms with E-state index >= 15 is 0 Å². The van der Waals surface area contributed by atoms with E-state index in [1.54, 1.807) is 30.3 Å². The first-order valence-electron chi connectivity index (χ1n) is 12.7. The van der Waals surface area contributed by atoms with Crippen LogP contribution in [0.5, 0.6) is 5.75 Å². The highest BCUT2D eigenvalue weighted by atomic mass is 32.2. The van der Waals surface area contributed by atoms with Crippen LogP contribution in [0.2, 0.25) is 0 Å². The van der Waals surface area contributed by atoms with Gasteiger partial charge in [-0.2, -0.15) is 0 Å². The molecule has 0 unspecified atom stereocenters. The Morgan fingerprint density at radius 2 is 1.92 bits per heavy atom. The summed E-state index contributed by atoms with van der Waals surface area (Å²) in [6.45, 7) is 3.39. The molecule has 9 nitrogen and oxygen atoms in total. The average Bonchev–Trinajstić information content (AvgIpc) is 3.21. The summed E-state index contributed by atoms with van der Waals surface area (Å²) in [7, 11) is 1.62. The fraction of sp³-hybridized carbons (Fsp3) is 0.321. The molecule has 4 heterocycles. The first-order chi connectivity index (χ1) is 18.8. The number of rotatable bonds is 7. The van der Waals surface area contributed by atoms with Gasteiger partial charge in [-0.25, -0.2) is 4.98 Å². The number of nitrogens with zero attached hydrogens (tertiary/aromatic N) is 4. The third-order valence-corrected chi connectivity index (χ3v) is 8.57. The lowest BCUT2D eigenvalue weighted by Gasteiger charge is -2.32. The van der Waals surface area contributed by atoms with E-state index in [2.05, 4.69) is 0 Å². The summed E-state index contributed by atoms with van der Waals surface area (Å²) in [6.07, 6.45) is 5.09. The van der Waals surface area contributed by atoms with Gasteiger partial charge >= 0.3 is 0 Å². The molecule has 5 rings (SSSR count). The van der Waals surface area contributed by atoms with E-state index in [4.69, 9.17) is 27.7 Å². The number of thiocarbonyl (C=S) groups is 1. The van der Waals surface area contributed by atoms with Crippen LogP contribution in [0.1, 0.15) is 29.5 Å². The number of ether oxygens (including phenoxy) is 1. The number of anilines is 1. The number of aromatic nitrogens is 2. The van der Waals surface area contributed by atoms with Crippen molar-refractivity contribution in [3.05, 3.63) is 74.5 Å². The van der Waals surface area contributed by atoms with Crippen LogP contribution in [0, 0.1) is 12.8 Å². The smallest absolute Gasteiger partial charge is 0.267 e. The molecule has 202 valence electrons. The van der Waals surface area contributed by atoms with Gasteiger partial charge in [0.2, 0.25) is 5.91 Å². The summed E-state index contributed by atoms with van der Waals surface area (Å²) in [4.78, 5) is 47.7. The molecule has 2 aromatic heterocycles. The van der Waals surface area contributed by atoms with Crippen LogP contribution in [0.15, 0.2) is 52.3 Å². The van der Waals surface area contributed by atoms with Crippen molar-refractivity contribution in [1.82, 2.24) is 14.3 Å². The number of thioether (sulfide) groups is 1. The van der Waals surface area contributed by atoms with Gasteiger partial charge in [0.1, 0.15) is 21.5 Å². The van der Waals surface area contributed by atoms with E-state index in [9.17, 15) is 14.4 Å². The minimum Gasteiger partial charge on any atom is -0.497 e. The van der Waals surface area contributed by atoms with Gasteiger partial charge in [-0.1, -0.05) is 42.2 Å². The summed E-state index contributed by atoms with van der Waals surface area (Å²) in [5.41, 5.74) is 8.06. The third kappa shape index (κ3) is 5.41. The monoisotopic (exact) mass is 563 g/mol. The van der Waals surface area contributed by atoms with Crippen LogP contribution in [-0.2, 0) is 16.0 Å². The Balaban J connectivity index is 1.46. The molecule has 3 aromatic rings. The Bertz CT molecular complexity index is 1540. The lowest BCUT2D eigenvalue weighted by atomic mass is 9.96. The Hall–Kier alpha value is -3.70. The first kappa shape index (κ1) is 26.9. The highest BCUT2D eigenvalue weighted by molar-refractivity contribution is 8.26. The lowest BCUT2D eigenvalue weighted by Crippen LogP contribution is -2.40. The normalized spacial score (nSPS) is 17.4. The molecule has 0 bridgehead atoms. The van der Waals surface area contributed by atoms with Crippen LogP contribution < -0.4 is 20.9 Å². The second kappa shape index (κ2) is 11.2. The number of carbonyl (C=O) groups is 2. The maximum Gasteiger partial charge on any atom is 0.267 e. The predicted molar refractivity (Wildman–Crippen MR) is 157 cm³/mol. The number of methoxy groups -OCH3 is 1. The largest absolute Gasteiger partial charge is 0.497 e. The predicted octanol–water partition coefficient (Wildman–Crippen LogP) is 3.16. The van der Waals surface area contributed by atoms with Gasteiger partial charge in [-0.3, -0.25) is 23.7 Å². The van der Waals surface area contributed by atoms with Gasteiger partial charge < -0.3 is 15.4 Å². The number of hydrogen-bond acceptors (Lipinski definition) is 8. The number of pyridine rings is 1. The molecule has 0 spiro atoms. The van der Waals surface area contributed by atoms with Crippen LogP contribution in [0.3, 0.4) is 0 Å². The summed E-state index contributed by atoms with van der Waals surface area (Å²) in [5, 5.41) is 0. The summed E-state index contributed by atoms with van der Waals surface area (Å²) in [5.74, 6) is 0.532. The van der Waals surface area contributed by atoms with Gasteiger partial charge in [-0.05, 0) is 61.6 Å². The number of nitrogens with two attached hydrogens (primary N) is 1. The van der Waals surface area contributed by atoms with Gasteiger partial charge in [0.05, 0.1) is 17.6 Å². The molecule has 2 amide bonds. The standard InChI is InChI=1S/C28H29N5O4S2/c1-17-4-3-12-32-24(17)30-25(31-13-10-19(11-14-31)23(29)34)21(26(32)35)16-22-27(36)33(28(38)39-22)15-9-18-5-7-20(37-2)8-6-18/h3-8,12,16,19H,9-11,13-15H2,1-2H3,(H2,29,34)/b22-16+. The van der Waals surface area contributed by atoms with E-state index in [0.29, 0.717) is 65.2 Å². The topological polar surface area (TPSA) is 110 Å². The maximum atomic E-state index is 13.7. The molecule has 2 fully saturated rings. The molecular formula is C28H29N5O4S2. The fourth-order valence-electron chi connectivity index (χ4n) is 4.90. The van der Waals surface area contributed by atoms with E-state index < -0.39 is 0 Å². The number of amides is 2. The quantitative estimate of drug-likeness (QED) is 0.345. The number of piperidine rings is 1. The number of fused-ring (bicyclic) bond motifs is 1. The van der Waals surface area contributed by atoms with Crippen molar-refractivity contribution in [2.45, 2.75) is 26.2 Å². The zero-order valence-electron chi connectivity index (χ0n) is 21.8. The van der Waals surface area contributed by atoms with Crippen LogP contribution >= 0.6 is 24.0 Å². The van der Waals surface area contributed by atoms with Crippen LogP contribution in [-0.4, -0.2) is 57.2 Å². The first-order valence-corrected chi connectivity index (χ1v) is 13.9. The Morgan fingerprint density at radius 1 is 1.21 bits per heavy atom. The molecule has 0 radical (unpaired) electrons. The summed E-state index contributed by atoms with van der Waals surface area (Å²) >= 11 is 6.73. The highest BCUT2D eigenvalue weighted by Crippen LogP contribution is 2.34. The van der Waals surface area contributed by atoms with Gasteiger partial charge in [0.25, 0.3) is 11.5 Å². The molecule has 2 aliphatic rings. The second-order valence-electron chi connectivity index (χ2n) is 9.63. The van der Waals surface area contributed by atoms with Crippen molar-refractivity contribution in [2.75, 3.05) is 31.6 Å². The zero-order chi connectivity index (χ0) is 27.7. The van der Waals surface area contributed by atoms with Gasteiger partial charge in [-0.15, -0.1) is 0 Å². The van der Waals surface area contributed by atoms with Crippen LogP contribution in [0.25, 0.3) is 11.7 Å². The molecule has 0 saturated carbocycles. The highest BCUT2D eigenvalue weighted by Gasteiger charge is 2.33. The molecule has 2 saturated heterocycles. The molecule has 2 N–H and O–H groups in total. The number of carbonyl (C=O) groups excluding carboxylic acids is 2. The van der Waals surface area contributed by atoms with Crippen molar-refractivity contribution >= 4 is 57.7 Å². The Labute approximate surface area is 235 Å². The summed E-state index contributed by atoms with van der Waals surface area (Å²) in [6, 6.07) is 11.4. The third-order valence-electron chi connectivity index (χ3n) is 7.19. The zero-order valence-corrected chi connectivity index (χ0v) is 23.4. The van der Waals surface area contributed by atoms with E-state index in [-0.39, 0.29) is 23.3 Å². The van der Waals surface area contributed by atoms with Crippen molar-refractivity contribution in [2.24, 2.45) is 11.7 Å². The SMILES string of the molecule is COc1ccc(CCN2C(=O)/C(=C\c3c(N4CCC(C(N)=O)CC4)nc4c(C)cccn4c3=O)SC2=S)cc1. The van der Waals surface area contributed by atoms with Crippen molar-refractivity contribution in [1.29, 1.82) is 0 Å². The lowest BCUT2D eigenvalue weighted by molar-refractivity contribution is -0.123. The van der Waals surface area contributed by atoms with Gasteiger partial charge in [0.15, 0.2) is 0 Å². The van der Waals surface area contributed by atoms with Crippen molar-refractivity contribution in [3.63, 3.8) is 0 Å². The van der Waals surface area contributed by atoms with Gasteiger partial charge in [0, 0.05) is 31.7 Å². The molecular weight excluding hydrogens is 534 g/mol. The van der Waals surface area contributed by atoms with Crippen LogP contribution in [0.4, 0.5) is 5.82 Å². The minimum atomic E-state index is -0.310. The van der Waals surface area contributed by atoms with E-state index in [0.717, 1.165) is 16.9 Å². The number of primary amides is 1. The van der Waals surface area contributed by atoms with Crippen molar-refractivity contribution < 1.29 is 14.3 Å². The number of hydrogen-bond donors (Lipinski definition) is 1. The van der Waals surface area contributed by atoms with E-state index in [1.807, 2.05) is 42.2 Å². The minimum absolute atomic E-state index is 0.199. The molecule has 0 aliphatic carbocycles. The fourth-order valence-corrected chi connectivity index (χ4v) is 6.19. The average molecular weight is 564 g/mol. The summed E-state index contributed by atoms with van der Waals surface area (Å²) < 4.78 is 7.17. The number of aryl methyl sites for hydroxylation is 1. The molecule has 2 aliphatic heterocycles. The number of benzene rings is 1. The second-order valence-corrected chi connectivity index (χ2v) is 11.3. The Kier molecular flexibility index (Phi) is 7.72. The Morgan fingerprint density at radius 3 is 2.59 bits per heavy atom. The molecule has 0 atom stereocenters. The molecule has 39 heavy (non-hydrogen) atoms. The molecule has 11 heteroatoms.